The van der Waals surface area contributed by atoms with E-state index < -0.39 is 11.9 Å². The molecular formula is C11H18O3S. The second kappa shape index (κ2) is 5.61. The third-order valence-electron chi connectivity index (χ3n) is 2.39. The van der Waals surface area contributed by atoms with Crippen LogP contribution in [-0.4, -0.2) is 31.2 Å². The molecule has 86 valence electrons. The number of ether oxygens (including phenoxy) is 2. The summed E-state index contributed by atoms with van der Waals surface area (Å²) in [4.78, 5) is 1.27. The molecule has 1 aromatic heterocycles. The van der Waals surface area contributed by atoms with Crippen LogP contribution in [0.3, 0.4) is 0 Å². The second-order valence-electron chi connectivity index (χ2n) is 3.74. The minimum atomic E-state index is -0.951. The fourth-order valence-electron chi connectivity index (χ4n) is 1.55. The summed E-state index contributed by atoms with van der Waals surface area (Å²) in [6.07, 6.45) is 0.894. The number of rotatable bonds is 6. The lowest BCUT2D eigenvalue weighted by atomic mass is 9.99. The lowest BCUT2D eigenvalue weighted by molar-refractivity contribution is -0.210. The molecule has 4 heteroatoms. The predicted octanol–water partition coefficient (Wildman–Crippen LogP) is 2.05. The quantitative estimate of drug-likeness (QED) is 0.760. The third kappa shape index (κ3) is 3.57. The van der Waals surface area contributed by atoms with E-state index in [-0.39, 0.29) is 0 Å². The highest BCUT2D eigenvalue weighted by molar-refractivity contribution is 7.09. The minimum Gasteiger partial charge on any atom is -0.385 e. The number of hydrogen-bond donors (Lipinski definition) is 1. The molecule has 0 aliphatic rings. The summed E-state index contributed by atoms with van der Waals surface area (Å²) in [5.41, 5.74) is -0.951. The van der Waals surface area contributed by atoms with Crippen LogP contribution in [0.2, 0.25) is 0 Å². The standard InChI is InChI=1S/C11H18O3S/c1-11(12,10(13-2)14-3)7-6-9-5-4-8-15-9/h4-5,8,10,12H,6-7H2,1-3H3. The van der Waals surface area contributed by atoms with Gasteiger partial charge in [0.1, 0.15) is 5.60 Å². The van der Waals surface area contributed by atoms with Crippen LogP contribution >= 0.6 is 11.3 Å². The summed E-state index contributed by atoms with van der Waals surface area (Å²) < 4.78 is 10.1. The van der Waals surface area contributed by atoms with Gasteiger partial charge in [-0.2, -0.15) is 0 Å². The maximum absolute atomic E-state index is 10.1. The van der Waals surface area contributed by atoms with Crippen LogP contribution in [0.25, 0.3) is 0 Å². The highest BCUT2D eigenvalue weighted by atomic mass is 32.1. The molecule has 0 aliphatic heterocycles. The molecule has 0 bridgehead atoms. The molecule has 0 saturated heterocycles. The first-order valence-corrected chi connectivity index (χ1v) is 5.78. The van der Waals surface area contributed by atoms with E-state index in [2.05, 4.69) is 6.07 Å². The normalized spacial score (nSPS) is 15.5. The van der Waals surface area contributed by atoms with Crippen molar-refractivity contribution in [2.24, 2.45) is 0 Å². The van der Waals surface area contributed by atoms with Gasteiger partial charge in [-0.1, -0.05) is 6.07 Å². The van der Waals surface area contributed by atoms with Gasteiger partial charge in [0, 0.05) is 19.1 Å². The zero-order chi connectivity index (χ0) is 11.3. The van der Waals surface area contributed by atoms with Crippen molar-refractivity contribution in [2.75, 3.05) is 14.2 Å². The van der Waals surface area contributed by atoms with E-state index in [1.165, 1.54) is 19.1 Å². The Bertz CT molecular complexity index is 265. The minimum absolute atomic E-state index is 0.572. The highest BCUT2D eigenvalue weighted by Gasteiger charge is 2.31. The lowest BCUT2D eigenvalue weighted by Crippen LogP contribution is -2.42. The van der Waals surface area contributed by atoms with Crippen LogP contribution in [0.1, 0.15) is 18.2 Å². The molecule has 1 rings (SSSR count). The van der Waals surface area contributed by atoms with E-state index in [9.17, 15) is 5.11 Å². The molecule has 0 spiro atoms. The number of hydrogen-bond acceptors (Lipinski definition) is 4. The summed E-state index contributed by atoms with van der Waals surface area (Å²) in [7, 11) is 3.07. The Morgan fingerprint density at radius 1 is 1.47 bits per heavy atom. The molecule has 3 nitrogen and oxygen atoms in total. The summed E-state index contributed by atoms with van der Waals surface area (Å²) in [5, 5.41) is 12.2. The third-order valence-corrected chi connectivity index (χ3v) is 3.33. The lowest BCUT2D eigenvalue weighted by Gasteiger charge is -2.30. The van der Waals surface area contributed by atoms with Gasteiger partial charge in [0.15, 0.2) is 6.29 Å². The maximum Gasteiger partial charge on any atom is 0.185 e. The van der Waals surface area contributed by atoms with Gasteiger partial charge in [-0.25, -0.2) is 0 Å². The summed E-state index contributed by atoms with van der Waals surface area (Å²) in [6.45, 7) is 1.73. The van der Waals surface area contributed by atoms with Crippen LogP contribution in [0.5, 0.6) is 0 Å². The molecule has 1 atom stereocenters. The molecule has 1 heterocycles. The maximum atomic E-state index is 10.1. The Kier molecular flexibility index (Phi) is 4.73. The van der Waals surface area contributed by atoms with Crippen molar-refractivity contribution < 1.29 is 14.6 Å². The average Bonchev–Trinajstić information content (AvgIpc) is 2.69. The molecule has 0 aromatic carbocycles. The molecule has 0 fully saturated rings. The van der Waals surface area contributed by atoms with Gasteiger partial charge in [0.05, 0.1) is 0 Å². The van der Waals surface area contributed by atoms with Crippen LogP contribution in [0.15, 0.2) is 17.5 Å². The van der Waals surface area contributed by atoms with E-state index in [4.69, 9.17) is 9.47 Å². The molecule has 1 N–H and O–H groups in total. The fraction of sp³-hybridized carbons (Fsp3) is 0.636. The smallest absolute Gasteiger partial charge is 0.185 e. The van der Waals surface area contributed by atoms with Crippen LogP contribution < -0.4 is 0 Å². The van der Waals surface area contributed by atoms with Gasteiger partial charge in [-0.3, -0.25) is 0 Å². The van der Waals surface area contributed by atoms with Crippen molar-refractivity contribution in [1.29, 1.82) is 0 Å². The van der Waals surface area contributed by atoms with Crippen molar-refractivity contribution in [2.45, 2.75) is 31.7 Å². The van der Waals surface area contributed by atoms with Gasteiger partial charge in [-0.05, 0) is 31.2 Å². The molecule has 1 aromatic rings. The van der Waals surface area contributed by atoms with E-state index in [1.54, 1.807) is 18.3 Å². The number of aliphatic hydroxyl groups is 1. The Labute approximate surface area is 94.6 Å². The van der Waals surface area contributed by atoms with Crippen molar-refractivity contribution >= 4 is 11.3 Å². The number of methoxy groups -OCH3 is 2. The highest BCUT2D eigenvalue weighted by Crippen LogP contribution is 2.22. The largest absolute Gasteiger partial charge is 0.385 e. The average molecular weight is 230 g/mol. The SMILES string of the molecule is COC(OC)C(C)(O)CCc1cccs1. The number of thiophene rings is 1. The summed E-state index contributed by atoms with van der Waals surface area (Å²) >= 11 is 1.70. The Hall–Kier alpha value is -0.420. The monoisotopic (exact) mass is 230 g/mol. The Morgan fingerprint density at radius 2 is 2.13 bits per heavy atom. The van der Waals surface area contributed by atoms with Crippen molar-refractivity contribution in [3.05, 3.63) is 22.4 Å². The molecule has 15 heavy (non-hydrogen) atoms. The number of aryl methyl sites for hydroxylation is 1. The zero-order valence-electron chi connectivity index (χ0n) is 9.40. The summed E-state index contributed by atoms with van der Waals surface area (Å²) in [6, 6.07) is 4.08. The topological polar surface area (TPSA) is 38.7 Å². The van der Waals surface area contributed by atoms with Crippen LogP contribution in [0, 0.1) is 0 Å². The van der Waals surface area contributed by atoms with Gasteiger partial charge in [0.25, 0.3) is 0 Å². The van der Waals surface area contributed by atoms with E-state index in [1.807, 2.05) is 11.4 Å². The fourth-order valence-corrected chi connectivity index (χ4v) is 2.26. The van der Waals surface area contributed by atoms with Gasteiger partial charge in [0.2, 0.25) is 0 Å². The van der Waals surface area contributed by atoms with Crippen molar-refractivity contribution in [3.8, 4) is 0 Å². The van der Waals surface area contributed by atoms with Crippen molar-refractivity contribution in [3.63, 3.8) is 0 Å². The first kappa shape index (κ1) is 12.6. The second-order valence-corrected chi connectivity index (χ2v) is 4.77. The molecule has 1 unspecified atom stereocenters. The van der Waals surface area contributed by atoms with Crippen LogP contribution in [0.4, 0.5) is 0 Å². The van der Waals surface area contributed by atoms with Gasteiger partial charge in [-0.15, -0.1) is 11.3 Å². The Morgan fingerprint density at radius 3 is 2.60 bits per heavy atom. The van der Waals surface area contributed by atoms with Crippen molar-refractivity contribution in [1.82, 2.24) is 0 Å². The molecular weight excluding hydrogens is 212 g/mol. The molecule has 0 aliphatic carbocycles. The van der Waals surface area contributed by atoms with E-state index in [0.717, 1.165) is 6.42 Å². The van der Waals surface area contributed by atoms with E-state index >= 15 is 0 Å². The molecule has 0 amide bonds. The van der Waals surface area contributed by atoms with Crippen LogP contribution in [-0.2, 0) is 15.9 Å². The summed E-state index contributed by atoms with van der Waals surface area (Å²) in [5.74, 6) is 0. The first-order valence-electron chi connectivity index (χ1n) is 4.90. The Balaban J connectivity index is 2.48. The van der Waals surface area contributed by atoms with Gasteiger partial charge < -0.3 is 14.6 Å². The predicted molar refractivity (Wildman–Crippen MR) is 61.1 cm³/mol. The molecule has 0 radical (unpaired) electrons. The molecule has 0 saturated carbocycles. The zero-order valence-corrected chi connectivity index (χ0v) is 10.2. The first-order chi connectivity index (χ1) is 7.10. The van der Waals surface area contributed by atoms with Gasteiger partial charge >= 0.3 is 0 Å². The van der Waals surface area contributed by atoms with E-state index in [0.29, 0.717) is 6.42 Å².